The van der Waals surface area contributed by atoms with Gasteiger partial charge in [0.25, 0.3) is 5.69 Å². The molecule has 7 heteroatoms. The van der Waals surface area contributed by atoms with Crippen LogP contribution in [0.1, 0.15) is 32.8 Å². The van der Waals surface area contributed by atoms with E-state index in [9.17, 15) is 10.1 Å². The van der Waals surface area contributed by atoms with Gasteiger partial charge in [-0.25, -0.2) is 4.99 Å². The summed E-state index contributed by atoms with van der Waals surface area (Å²) in [4.78, 5) is 20.1. The molecule has 1 saturated heterocycles. The first-order chi connectivity index (χ1) is 12.6. The molecule has 1 atom stereocenters. The molecule has 1 N–H and O–H groups in total. The Morgan fingerprint density at radius 1 is 1.38 bits per heavy atom. The van der Waals surface area contributed by atoms with Crippen LogP contribution in [0.4, 0.5) is 5.69 Å². The predicted octanol–water partition coefficient (Wildman–Crippen LogP) is 2.72. The maximum absolute atomic E-state index is 10.9. The zero-order chi connectivity index (χ0) is 18.9. The van der Waals surface area contributed by atoms with Crippen LogP contribution in [0.3, 0.4) is 0 Å². The first-order valence-corrected chi connectivity index (χ1v) is 9.56. The van der Waals surface area contributed by atoms with Crippen molar-refractivity contribution in [1.29, 1.82) is 0 Å². The van der Waals surface area contributed by atoms with Gasteiger partial charge in [0.2, 0.25) is 0 Å². The number of nitrogens with one attached hydrogen (secondary N) is 1. The van der Waals surface area contributed by atoms with Crippen LogP contribution >= 0.6 is 0 Å². The number of nitrogens with zero attached hydrogens (tertiary/aromatic N) is 4. The average Bonchev–Trinajstić information content (AvgIpc) is 3.11. The Labute approximate surface area is 156 Å². The topological polar surface area (TPSA) is 74.0 Å². The van der Waals surface area contributed by atoms with Crippen molar-refractivity contribution in [2.45, 2.75) is 33.7 Å². The number of aliphatic imine (C=N–C) groups is 1. The third kappa shape index (κ3) is 5.69. The first-order valence-electron chi connectivity index (χ1n) is 9.56. The van der Waals surface area contributed by atoms with Crippen LogP contribution in [0.15, 0.2) is 29.3 Å². The van der Waals surface area contributed by atoms with E-state index in [1.54, 1.807) is 12.1 Å². The highest BCUT2D eigenvalue weighted by atomic mass is 16.6. The van der Waals surface area contributed by atoms with Crippen molar-refractivity contribution in [3.05, 3.63) is 39.9 Å². The van der Waals surface area contributed by atoms with Crippen molar-refractivity contribution < 1.29 is 4.92 Å². The number of guanidine groups is 1. The summed E-state index contributed by atoms with van der Waals surface area (Å²) in [6.45, 7) is 13.1. The summed E-state index contributed by atoms with van der Waals surface area (Å²) < 4.78 is 0. The average molecular weight is 361 g/mol. The smallest absolute Gasteiger partial charge is 0.269 e. The Morgan fingerprint density at radius 3 is 2.81 bits per heavy atom. The minimum Gasteiger partial charge on any atom is -0.357 e. The lowest BCUT2D eigenvalue weighted by Gasteiger charge is -2.24. The third-order valence-corrected chi connectivity index (χ3v) is 4.86. The predicted molar refractivity (Wildman–Crippen MR) is 105 cm³/mol. The first kappa shape index (κ1) is 20.2. The van der Waals surface area contributed by atoms with E-state index in [4.69, 9.17) is 4.99 Å². The molecular formula is C19H31N5O2. The van der Waals surface area contributed by atoms with Gasteiger partial charge in [0.05, 0.1) is 11.5 Å². The number of rotatable bonds is 8. The second-order valence-corrected chi connectivity index (χ2v) is 6.68. The van der Waals surface area contributed by atoms with Gasteiger partial charge in [-0.15, -0.1) is 0 Å². The van der Waals surface area contributed by atoms with Crippen molar-refractivity contribution in [2.24, 2.45) is 10.9 Å². The summed E-state index contributed by atoms with van der Waals surface area (Å²) in [6.07, 6.45) is 1.18. The van der Waals surface area contributed by atoms with Crippen LogP contribution in [0, 0.1) is 16.0 Å². The van der Waals surface area contributed by atoms with Crippen LogP contribution in [0.2, 0.25) is 0 Å². The fraction of sp³-hybridized carbons (Fsp3) is 0.632. The molecule has 0 amide bonds. The molecule has 1 aliphatic heterocycles. The van der Waals surface area contributed by atoms with Gasteiger partial charge in [-0.05, 0) is 37.9 Å². The van der Waals surface area contributed by atoms with Crippen LogP contribution < -0.4 is 5.32 Å². The van der Waals surface area contributed by atoms with E-state index in [2.05, 4.69) is 35.9 Å². The molecule has 1 aromatic carbocycles. The Hall–Kier alpha value is -2.15. The number of likely N-dealkylation sites (tertiary alicyclic amines) is 1. The molecule has 0 aromatic heterocycles. The van der Waals surface area contributed by atoms with E-state index in [0.717, 1.165) is 50.8 Å². The van der Waals surface area contributed by atoms with Crippen LogP contribution in [0.5, 0.6) is 0 Å². The highest BCUT2D eigenvalue weighted by molar-refractivity contribution is 5.80. The molecule has 1 aliphatic rings. The number of hydrogen-bond donors (Lipinski definition) is 1. The minimum absolute atomic E-state index is 0.114. The molecule has 1 fully saturated rings. The number of hydrogen-bond acceptors (Lipinski definition) is 4. The van der Waals surface area contributed by atoms with Crippen LogP contribution in [0.25, 0.3) is 0 Å². The molecule has 1 heterocycles. The molecule has 0 bridgehead atoms. The fourth-order valence-electron chi connectivity index (χ4n) is 3.38. The van der Waals surface area contributed by atoms with Crippen LogP contribution in [-0.2, 0) is 6.54 Å². The molecular weight excluding hydrogens is 330 g/mol. The SMILES string of the molecule is CCNC(=NCc1cccc([N+](=O)[O-])c1)N1CCC(CN(CC)CC)C1. The maximum Gasteiger partial charge on any atom is 0.269 e. The maximum atomic E-state index is 10.9. The summed E-state index contributed by atoms with van der Waals surface area (Å²) in [7, 11) is 0. The molecule has 1 aromatic rings. The summed E-state index contributed by atoms with van der Waals surface area (Å²) in [5.74, 6) is 1.57. The summed E-state index contributed by atoms with van der Waals surface area (Å²) in [5.41, 5.74) is 0.969. The Bertz CT molecular complexity index is 616. The quantitative estimate of drug-likeness (QED) is 0.333. The van der Waals surface area contributed by atoms with Gasteiger partial charge in [-0.2, -0.15) is 0 Å². The van der Waals surface area contributed by atoms with Crippen molar-refractivity contribution in [1.82, 2.24) is 15.1 Å². The zero-order valence-corrected chi connectivity index (χ0v) is 16.1. The molecule has 26 heavy (non-hydrogen) atoms. The number of benzene rings is 1. The highest BCUT2D eigenvalue weighted by Gasteiger charge is 2.25. The molecule has 0 spiro atoms. The van der Waals surface area contributed by atoms with E-state index in [-0.39, 0.29) is 10.6 Å². The van der Waals surface area contributed by atoms with Gasteiger partial charge in [0, 0.05) is 38.3 Å². The van der Waals surface area contributed by atoms with Gasteiger partial charge in [0.1, 0.15) is 0 Å². The molecule has 0 aliphatic carbocycles. The van der Waals surface area contributed by atoms with Gasteiger partial charge >= 0.3 is 0 Å². The van der Waals surface area contributed by atoms with Crippen LogP contribution in [-0.4, -0.2) is 60.0 Å². The minimum atomic E-state index is -0.364. The van der Waals surface area contributed by atoms with E-state index >= 15 is 0 Å². The summed E-state index contributed by atoms with van der Waals surface area (Å²) >= 11 is 0. The van der Waals surface area contributed by atoms with Crippen molar-refractivity contribution in [3.63, 3.8) is 0 Å². The van der Waals surface area contributed by atoms with E-state index in [1.165, 1.54) is 12.5 Å². The van der Waals surface area contributed by atoms with E-state index in [1.807, 2.05) is 6.07 Å². The number of non-ortho nitro benzene ring substituents is 1. The molecule has 0 saturated carbocycles. The number of nitro groups is 1. The van der Waals surface area contributed by atoms with Gasteiger partial charge in [-0.3, -0.25) is 10.1 Å². The highest BCUT2D eigenvalue weighted by Crippen LogP contribution is 2.18. The van der Waals surface area contributed by atoms with Crippen molar-refractivity contribution >= 4 is 11.6 Å². The lowest BCUT2D eigenvalue weighted by Crippen LogP contribution is -2.40. The molecule has 2 rings (SSSR count). The third-order valence-electron chi connectivity index (χ3n) is 4.86. The van der Waals surface area contributed by atoms with E-state index < -0.39 is 0 Å². The standard InChI is InChI=1S/C19H31N5O2/c1-4-20-19(21-13-16-8-7-9-18(12-16)24(25)26)23-11-10-17(15-23)14-22(5-2)6-3/h7-9,12,17H,4-6,10-11,13-15H2,1-3H3,(H,20,21). The van der Waals surface area contributed by atoms with Gasteiger partial charge in [-0.1, -0.05) is 26.0 Å². The molecule has 7 nitrogen and oxygen atoms in total. The monoisotopic (exact) mass is 361 g/mol. The van der Waals surface area contributed by atoms with E-state index in [0.29, 0.717) is 12.5 Å². The van der Waals surface area contributed by atoms with Gasteiger partial charge < -0.3 is 15.1 Å². The lowest BCUT2D eigenvalue weighted by atomic mass is 10.1. The molecule has 0 radical (unpaired) electrons. The Kier molecular flexibility index (Phi) is 7.84. The summed E-state index contributed by atoms with van der Waals surface area (Å²) in [5, 5.41) is 14.3. The van der Waals surface area contributed by atoms with Gasteiger partial charge in [0.15, 0.2) is 5.96 Å². The Balaban J connectivity index is 2.01. The van der Waals surface area contributed by atoms with Crippen molar-refractivity contribution in [2.75, 3.05) is 39.3 Å². The fourth-order valence-corrected chi connectivity index (χ4v) is 3.38. The lowest BCUT2D eigenvalue weighted by molar-refractivity contribution is -0.384. The number of nitro benzene ring substituents is 1. The molecule has 144 valence electrons. The van der Waals surface area contributed by atoms with Crippen molar-refractivity contribution in [3.8, 4) is 0 Å². The zero-order valence-electron chi connectivity index (χ0n) is 16.1. The summed E-state index contributed by atoms with van der Waals surface area (Å²) in [6, 6.07) is 6.70. The second kappa shape index (κ2) is 10.1. The normalized spacial score (nSPS) is 17.8. The Morgan fingerprint density at radius 2 is 2.15 bits per heavy atom. The largest absolute Gasteiger partial charge is 0.357 e. The second-order valence-electron chi connectivity index (χ2n) is 6.68. The molecule has 1 unspecified atom stereocenters.